The smallest absolute Gasteiger partial charge is 0.340 e. The molecule has 0 atom stereocenters. The summed E-state index contributed by atoms with van der Waals surface area (Å²) in [6.45, 7) is 3.94. The summed E-state index contributed by atoms with van der Waals surface area (Å²) in [5.41, 5.74) is 7.33. The van der Waals surface area contributed by atoms with Gasteiger partial charge in [-0.25, -0.2) is 4.79 Å². The fourth-order valence-corrected chi connectivity index (χ4v) is 1.31. The molecule has 15 heavy (non-hydrogen) atoms. The van der Waals surface area contributed by atoms with E-state index in [2.05, 4.69) is 0 Å². The topological polar surface area (TPSA) is 61.5 Å². The first-order valence-electron chi connectivity index (χ1n) is 4.71. The maximum absolute atomic E-state index is 11.5. The van der Waals surface area contributed by atoms with Gasteiger partial charge in [0.2, 0.25) is 0 Å². The minimum absolute atomic E-state index is 0.337. The molecule has 0 aliphatic heterocycles. The molecule has 0 aromatic heterocycles. The van der Waals surface area contributed by atoms with Crippen LogP contribution >= 0.6 is 0 Å². The van der Waals surface area contributed by atoms with Crippen molar-refractivity contribution in [3.05, 3.63) is 23.3 Å². The third-order valence-electron chi connectivity index (χ3n) is 2.06. The number of methoxy groups -OCH3 is 1. The average molecular weight is 209 g/mol. The second kappa shape index (κ2) is 4.68. The zero-order valence-corrected chi connectivity index (χ0v) is 9.16. The average Bonchev–Trinajstić information content (AvgIpc) is 2.21. The van der Waals surface area contributed by atoms with Crippen LogP contribution in [0.25, 0.3) is 0 Å². The van der Waals surface area contributed by atoms with Crippen LogP contribution in [0, 0.1) is 6.92 Å². The lowest BCUT2D eigenvalue weighted by Gasteiger charge is -2.10. The van der Waals surface area contributed by atoms with Gasteiger partial charge in [-0.1, -0.05) is 0 Å². The molecule has 1 aromatic rings. The molecule has 0 unspecified atom stereocenters. The molecule has 0 aliphatic carbocycles. The Morgan fingerprint density at radius 3 is 2.67 bits per heavy atom. The van der Waals surface area contributed by atoms with Crippen molar-refractivity contribution in [2.75, 3.05) is 19.5 Å². The number of benzene rings is 1. The van der Waals surface area contributed by atoms with Crippen molar-refractivity contribution in [3.8, 4) is 5.75 Å². The van der Waals surface area contributed by atoms with Gasteiger partial charge in [0.1, 0.15) is 5.75 Å². The fourth-order valence-electron chi connectivity index (χ4n) is 1.31. The second-order valence-corrected chi connectivity index (χ2v) is 3.13. The van der Waals surface area contributed by atoms with Crippen LogP contribution in [0.15, 0.2) is 12.1 Å². The lowest BCUT2D eigenvalue weighted by atomic mass is 10.1. The molecule has 1 rings (SSSR count). The van der Waals surface area contributed by atoms with Crippen LogP contribution < -0.4 is 10.5 Å². The van der Waals surface area contributed by atoms with E-state index in [-0.39, 0.29) is 0 Å². The molecular formula is C11H15NO3. The normalized spacial score (nSPS) is 9.80. The van der Waals surface area contributed by atoms with Crippen LogP contribution in [-0.4, -0.2) is 19.7 Å². The lowest BCUT2D eigenvalue weighted by molar-refractivity contribution is 0.0527. The molecule has 0 fully saturated rings. The van der Waals surface area contributed by atoms with Crippen LogP contribution in [0.4, 0.5) is 5.69 Å². The highest BCUT2D eigenvalue weighted by Gasteiger charge is 2.13. The maximum atomic E-state index is 11.5. The van der Waals surface area contributed by atoms with E-state index in [4.69, 9.17) is 15.2 Å². The number of esters is 1. The van der Waals surface area contributed by atoms with Gasteiger partial charge in [-0.05, 0) is 25.5 Å². The minimum atomic E-state index is -0.402. The third-order valence-corrected chi connectivity index (χ3v) is 2.06. The summed E-state index contributed by atoms with van der Waals surface area (Å²) in [7, 11) is 1.56. The van der Waals surface area contributed by atoms with Crippen LogP contribution in [0.1, 0.15) is 22.8 Å². The van der Waals surface area contributed by atoms with Crippen molar-refractivity contribution < 1.29 is 14.3 Å². The van der Waals surface area contributed by atoms with Crippen LogP contribution in [0.3, 0.4) is 0 Å². The monoisotopic (exact) mass is 209 g/mol. The second-order valence-electron chi connectivity index (χ2n) is 3.13. The highest BCUT2D eigenvalue weighted by molar-refractivity contribution is 5.95. The molecule has 1 aromatic carbocycles. The summed E-state index contributed by atoms with van der Waals surface area (Å²) in [5.74, 6) is 0.265. The van der Waals surface area contributed by atoms with Gasteiger partial charge in [0.05, 0.1) is 19.3 Å². The summed E-state index contributed by atoms with van der Waals surface area (Å²) < 4.78 is 9.97. The molecule has 0 amide bonds. The van der Waals surface area contributed by atoms with Crippen LogP contribution in [0.2, 0.25) is 0 Å². The van der Waals surface area contributed by atoms with Gasteiger partial charge in [0.15, 0.2) is 0 Å². The van der Waals surface area contributed by atoms with Crippen molar-refractivity contribution in [2.45, 2.75) is 13.8 Å². The Labute approximate surface area is 89.0 Å². The number of ether oxygens (including phenoxy) is 2. The Hall–Kier alpha value is -1.71. The number of nitrogen functional groups attached to an aromatic ring is 1. The molecule has 0 spiro atoms. The molecule has 4 heteroatoms. The van der Waals surface area contributed by atoms with Gasteiger partial charge < -0.3 is 15.2 Å². The van der Waals surface area contributed by atoms with Crippen molar-refractivity contribution in [2.24, 2.45) is 0 Å². The minimum Gasteiger partial charge on any atom is -0.496 e. The molecule has 0 saturated carbocycles. The van der Waals surface area contributed by atoms with E-state index in [9.17, 15) is 4.79 Å². The quantitative estimate of drug-likeness (QED) is 0.608. The predicted molar refractivity (Wildman–Crippen MR) is 58.1 cm³/mol. The van der Waals surface area contributed by atoms with Gasteiger partial charge in [-0.3, -0.25) is 0 Å². The zero-order chi connectivity index (χ0) is 11.4. The molecule has 0 radical (unpaired) electrons. The Balaban J connectivity index is 3.10. The molecular weight excluding hydrogens is 194 g/mol. The SMILES string of the molecule is CCOC(=O)c1cc(C)c(OC)cc1N. The Kier molecular flexibility index (Phi) is 3.55. The molecule has 2 N–H and O–H groups in total. The number of anilines is 1. The first-order valence-corrected chi connectivity index (χ1v) is 4.71. The summed E-state index contributed by atoms with van der Waals surface area (Å²) in [4.78, 5) is 11.5. The standard InChI is InChI=1S/C11H15NO3/c1-4-15-11(13)8-5-7(2)10(14-3)6-9(8)12/h5-6H,4,12H2,1-3H3. The summed E-state index contributed by atoms with van der Waals surface area (Å²) in [6, 6.07) is 3.30. The molecule has 0 saturated heterocycles. The molecule has 82 valence electrons. The predicted octanol–water partition coefficient (Wildman–Crippen LogP) is 1.76. The first-order chi connectivity index (χ1) is 7.10. The Morgan fingerprint density at radius 2 is 2.13 bits per heavy atom. The van der Waals surface area contributed by atoms with E-state index in [0.29, 0.717) is 23.6 Å². The van der Waals surface area contributed by atoms with E-state index < -0.39 is 5.97 Å². The number of aryl methyl sites for hydroxylation is 1. The summed E-state index contributed by atoms with van der Waals surface area (Å²) >= 11 is 0. The number of carbonyl (C=O) groups excluding carboxylic acids is 1. The largest absolute Gasteiger partial charge is 0.496 e. The Bertz CT molecular complexity index is 374. The lowest BCUT2D eigenvalue weighted by Crippen LogP contribution is -2.08. The molecule has 4 nitrogen and oxygen atoms in total. The fraction of sp³-hybridized carbons (Fsp3) is 0.364. The summed E-state index contributed by atoms with van der Waals surface area (Å²) in [6.07, 6.45) is 0. The molecule has 0 aliphatic rings. The molecule has 0 heterocycles. The third kappa shape index (κ3) is 2.40. The van der Waals surface area contributed by atoms with E-state index in [1.165, 1.54) is 0 Å². The number of carbonyl (C=O) groups is 1. The van der Waals surface area contributed by atoms with E-state index >= 15 is 0 Å². The number of rotatable bonds is 3. The number of hydrogen-bond acceptors (Lipinski definition) is 4. The van der Waals surface area contributed by atoms with Gasteiger partial charge >= 0.3 is 5.97 Å². The van der Waals surface area contributed by atoms with E-state index in [1.807, 2.05) is 6.92 Å². The zero-order valence-electron chi connectivity index (χ0n) is 9.16. The first kappa shape index (κ1) is 11.4. The molecule has 0 bridgehead atoms. The number of hydrogen-bond donors (Lipinski definition) is 1. The van der Waals surface area contributed by atoms with Gasteiger partial charge in [-0.2, -0.15) is 0 Å². The van der Waals surface area contributed by atoms with E-state index in [0.717, 1.165) is 5.56 Å². The van der Waals surface area contributed by atoms with Crippen molar-refractivity contribution in [1.82, 2.24) is 0 Å². The van der Waals surface area contributed by atoms with Crippen LogP contribution in [0.5, 0.6) is 5.75 Å². The van der Waals surface area contributed by atoms with Crippen molar-refractivity contribution in [3.63, 3.8) is 0 Å². The van der Waals surface area contributed by atoms with Gasteiger partial charge in [0.25, 0.3) is 0 Å². The highest BCUT2D eigenvalue weighted by Crippen LogP contribution is 2.25. The van der Waals surface area contributed by atoms with Gasteiger partial charge in [0, 0.05) is 11.8 Å². The highest BCUT2D eigenvalue weighted by atomic mass is 16.5. The summed E-state index contributed by atoms with van der Waals surface area (Å²) in [5, 5.41) is 0. The van der Waals surface area contributed by atoms with Crippen molar-refractivity contribution in [1.29, 1.82) is 0 Å². The van der Waals surface area contributed by atoms with Crippen LogP contribution in [-0.2, 0) is 4.74 Å². The van der Waals surface area contributed by atoms with Crippen molar-refractivity contribution >= 4 is 11.7 Å². The Morgan fingerprint density at radius 1 is 1.47 bits per heavy atom. The van der Waals surface area contributed by atoms with E-state index in [1.54, 1.807) is 26.2 Å². The maximum Gasteiger partial charge on any atom is 0.340 e. The van der Waals surface area contributed by atoms with Gasteiger partial charge in [-0.15, -0.1) is 0 Å². The number of nitrogens with two attached hydrogens (primary N) is 1.